The Bertz CT molecular complexity index is 873. The highest BCUT2D eigenvalue weighted by atomic mass is 32.2. The number of carbonyl (C=O) groups is 1. The molecule has 5 nitrogen and oxygen atoms in total. The lowest BCUT2D eigenvalue weighted by Crippen LogP contribution is -2.48. The highest BCUT2D eigenvalue weighted by Crippen LogP contribution is 2.15. The minimum atomic E-state index is -3.41. The third-order valence-electron chi connectivity index (χ3n) is 5.07. The van der Waals surface area contributed by atoms with Crippen LogP contribution in [0.4, 0.5) is 0 Å². The molecular weight excluding hydrogens is 360 g/mol. The van der Waals surface area contributed by atoms with Gasteiger partial charge in [-0.2, -0.15) is 0 Å². The van der Waals surface area contributed by atoms with Gasteiger partial charge < -0.3 is 4.90 Å². The highest BCUT2D eigenvalue weighted by molar-refractivity contribution is 7.91. The van der Waals surface area contributed by atoms with Gasteiger partial charge in [0, 0.05) is 39.1 Å². The first-order chi connectivity index (χ1) is 13.0. The van der Waals surface area contributed by atoms with E-state index in [1.165, 1.54) is 11.1 Å². The standard InChI is InChI=1S/C21H26N2O3S/c1-18-7-5-6-8-19(18)17-22-12-14-23(15-13-22)21(24)11-16-27(25,26)20-9-3-2-4-10-20/h2-10H,11-17H2,1H3. The zero-order valence-electron chi connectivity index (χ0n) is 15.7. The van der Waals surface area contributed by atoms with Crippen LogP contribution in [-0.2, 0) is 21.2 Å². The highest BCUT2D eigenvalue weighted by Gasteiger charge is 2.23. The molecule has 1 aliphatic heterocycles. The molecule has 2 aromatic carbocycles. The lowest BCUT2D eigenvalue weighted by Gasteiger charge is -2.35. The van der Waals surface area contributed by atoms with E-state index in [9.17, 15) is 13.2 Å². The smallest absolute Gasteiger partial charge is 0.223 e. The van der Waals surface area contributed by atoms with E-state index in [0.29, 0.717) is 13.1 Å². The van der Waals surface area contributed by atoms with Crippen molar-refractivity contribution >= 4 is 15.7 Å². The van der Waals surface area contributed by atoms with Gasteiger partial charge in [-0.25, -0.2) is 8.42 Å². The fraction of sp³-hybridized carbons (Fsp3) is 0.381. The lowest BCUT2D eigenvalue weighted by atomic mass is 10.1. The Balaban J connectivity index is 1.48. The van der Waals surface area contributed by atoms with Gasteiger partial charge in [-0.15, -0.1) is 0 Å². The van der Waals surface area contributed by atoms with Crippen LogP contribution < -0.4 is 0 Å². The second-order valence-corrected chi connectivity index (χ2v) is 9.07. The van der Waals surface area contributed by atoms with Gasteiger partial charge in [-0.1, -0.05) is 42.5 Å². The van der Waals surface area contributed by atoms with E-state index >= 15 is 0 Å². The summed E-state index contributed by atoms with van der Waals surface area (Å²) >= 11 is 0. The van der Waals surface area contributed by atoms with E-state index in [2.05, 4.69) is 30.0 Å². The van der Waals surface area contributed by atoms with E-state index in [1.54, 1.807) is 35.2 Å². The van der Waals surface area contributed by atoms with Gasteiger partial charge in [0.2, 0.25) is 5.91 Å². The van der Waals surface area contributed by atoms with Crippen LogP contribution in [0.15, 0.2) is 59.5 Å². The molecule has 27 heavy (non-hydrogen) atoms. The van der Waals surface area contributed by atoms with Crippen molar-refractivity contribution in [3.05, 3.63) is 65.7 Å². The lowest BCUT2D eigenvalue weighted by molar-refractivity contribution is -0.132. The van der Waals surface area contributed by atoms with Crippen molar-refractivity contribution in [3.63, 3.8) is 0 Å². The molecule has 1 fully saturated rings. The third kappa shape index (κ3) is 5.17. The Morgan fingerprint density at radius 3 is 2.22 bits per heavy atom. The quantitative estimate of drug-likeness (QED) is 0.765. The van der Waals surface area contributed by atoms with Crippen molar-refractivity contribution in [1.29, 1.82) is 0 Å². The molecule has 0 spiro atoms. The molecule has 0 unspecified atom stereocenters. The second-order valence-electron chi connectivity index (χ2n) is 6.97. The zero-order chi connectivity index (χ0) is 19.3. The van der Waals surface area contributed by atoms with Crippen LogP contribution in [0.1, 0.15) is 17.5 Å². The van der Waals surface area contributed by atoms with Gasteiger partial charge in [-0.3, -0.25) is 9.69 Å². The van der Waals surface area contributed by atoms with Crippen LogP contribution in [0.25, 0.3) is 0 Å². The maximum atomic E-state index is 12.4. The first-order valence-corrected chi connectivity index (χ1v) is 10.9. The molecule has 2 aromatic rings. The summed E-state index contributed by atoms with van der Waals surface area (Å²) in [5.41, 5.74) is 2.59. The third-order valence-corrected chi connectivity index (χ3v) is 6.80. The Hall–Kier alpha value is -2.18. The summed E-state index contributed by atoms with van der Waals surface area (Å²) in [4.78, 5) is 16.8. The summed E-state index contributed by atoms with van der Waals surface area (Å²) in [6, 6.07) is 16.7. The van der Waals surface area contributed by atoms with Crippen LogP contribution in [0.5, 0.6) is 0 Å². The number of benzene rings is 2. The molecule has 1 saturated heterocycles. The first-order valence-electron chi connectivity index (χ1n) is 9.28. The summed E-state index contributed by atoms with van der Waals surface area (Å²) < 4.78 is 24.7. The van der Waals surface area contributed by atoms with E-state index in [-0.39, 0.29) is 23.0 Å². The Morgan fingerprint density at radius 1 is 0.926 bits per heavy atom. The van der Waals surface area contributed by atoms with Crippen molar-refractivity contribution in [2.24, 2.45) is 0 Å². The van der Waals surface area contributed by atoms with Crippen LogP contribution >= 0.6 is 0 Å². The molecule has 1 heterocycles. The Morgan fingerprint density at radius 2 is 1.56 bits per heavy atom. The van der Waals surface area contributed by atoms with Crippen molar-refractivity contribution in [3.8, 4) is 0 Å². The van der Waals surface area contributed by atoms with Crippen LogP contribution in [0, 0.1) is 6.92 Å². The molecule has 3 rings (SSSR count). The number of aryl methyl sites for hydroxylation is 1. The van der Waals surface area contributed by atoms with E-state index in [1.807, 2.05) is 6.07 Å². The predicted octanol–water partition coefficient (Wildman–Crippen LogP) is 2.50. The number of nitrogens with zero attached hydrogens (tertiary/aromatic N) is 2. The number of hydrogen-bond donors (Lipinski definition) is 0. The van der Waals surface area contributed by atoms with Crippen molar-refractivity contribution in [2.75, 3.05) is 31.9 Å². The van der Waals surface area contributed by atoms with E-state index in [0.717, 1.165) is 19.6 Å². The molecule has 0 atom stereocenters. The van der Waals surface area contributed by atoms with Crippen molar-refractivity contribution in [2.45, 2.75) is 24.8 Å². The predicted molar refractivity (Wildman–Crippen MR) is 106 cm³/mol. The molecule has 0 N–H and O–H groups in total. The number of carbonyl (C=O) groups excluding carboxylic acids is 1. The van der Waals surface area contributed by atoms with Gasteiger partial charge in [0.05, 0.1) is 10.6 Å². The van der Waals surface area contributed by atoms with E-state index in [4.69, 9.17) is 0 Å². The molecule has 144 valence electrons. The first kappa shape index (κ1) is 19.6. The fourth-order valence-corrected chi connectivity index (χ4v) is 4.56. The summed E-state index contributed by atoms with van der Waals surface area (Å²) in [5.74, 6) is -0.218. The summed E-state index contributed by atoms with van der Waals surface area (Å²) in [6.45, 7) is 5.92. The largest absolute Gasteiger partial charge is 0.340 e. The van der Waals surface area contributed by atoms with Gasteiger partial charge in [0.15, 0.2) is 9.84 Å². The number of rotatable bonds is 6. The van der Waals surface area contributed by atoms with Crippen molar-refractivity contribution < 1.29 is 13.2 Å². The number of sulfone groups is 1. The van der Waals surface area contributed by atoms with Gasteiger partial charge >= 0.3 is 0 Å². The topological polar surface area (TPSA) is 57.7 Å². The van der Waals surface area contributed by atoms with Gasteiger partial charge in [-0.05, 0) is 30.2 Å². The zero-order valence-corrected chi connectivity index (χ0v) is 16.5. The summed E-state index contributed by atoms with van der Waals surface area (Å²) in [5, 5.41) is 0. The summed E-state index contributed by atoms with van der Waals surface area (Å²) in [7, 11) is -3.41. The van der Waals surface area contributed by atoms with Crippen LogP contribution in [-0.4, -0.2) is 56.1 Å². The second kappa shape index (κ2) is 8.67. The average molecular weight is 387 g/mol. The van der Waals surface area contributed by atoms with Gasteiger partial charge in [0.1, 0.15) is 0 Å². The Labute approximate surface area is 161 Å². The molecule has 0 aliphatic carbocycles. The minimum Gasteiger partial charge on any atom is -0.340 e. The maximum absolute atomic E-state index is 12.4. The average Bonchev–Trinajstić information content (AvgIpc) is 2.69. The summed E-state index contributed by atoms with van der Waals surface area (Å²) in [6.07, 6.45) is 0.0367. The van der Waals surface area contributed by atoms with Crippen LogP contribution in [0.2, 0.25) is 0 Å². The van der Waals surface area contributed by atoms with Crippen molar-refractivity contribution in [1.82, 2.24) is 9.80 Å². The number of piperazine rings is 1. The molecule has 0 saturated carbocycles. The fourth-order valence-electron chi connectivity index (χ4n) is 3.31. The van der Waals surface area contributed by atoms with E-state index < -0.39 is 9.84 Å². The normalized spacial score (nSPS) is 15.7. The molecule has 6 heteroatoms. The molecular formula is C21H26N2O3S. The number of amides is 1. The maximum Gasteiger partial charge on any atom is 0.223 e. The van der Waals surface area contributed by atoms with Crippen LogP contribution in [0.3, 0.4) is 0 Å². The number of hydrogen-bond acceptors (Lipinski definition) is 4. The van der Waals surface area contributed by atoms with Gasteiger partial charge in [0.25, 0.3) is 0 Å². The monoisotopic (exact) mass is 386 g/mol. The molecule has 1 amide bonds. The minimum absolute atomic E-state index is 0.0367. The molecule has 0 bridgehead atoms. The Kier molecular flexibility index (Phi) is 6.29. The molecule has 0 aromatic heterocycles. The molecule has 0 radical (unpaired) electrons. The molecule has 1 aliphatic rings. The SMILES string of the molecule is Cc1ccccc1CN1CCN(C(=O)CCS(=O)(=O)c2ccccc2)CC1.